The van der Waals surface area contributed by atoms with Crippen LogP contribution in [0.1, 0.15) is 30.9 Å². The SMILES string of the molecule is CN1CCc2nc(C(=O)N[C@H]3CN(S(C)(=O)=O)CCN3NC(=O)c3cc4cc(F)ccc4[nH]3)sc2C1. The van der Waals surface area contributed by atoms with E-state index in [1.807, 2.05) is 7.05 Å². The Morgan fingerprint density at radius 1 is 1.19 bits per heavy atom. The minimum absolute atomic E-state index is 0.0450. The smallest absolute Gasteiger partial charge is 0.282 e. The fraction of sp³-hybridized carbons (Fsp3) is 0.409. The van der Waals surface area contributed by atoms with E-state index < -0.39 is 33.8 Å². The number of hydrogen-bond acceptors (Lipinski definition) is 8. The van der Waals surface area contributed by atoms with E-state index >= 15 is 0 Å². The number of carbonyl (C=O) groups is 2. The summed E-state index contributed by atoms with van der Waals surface area (Å²) in [6.45, 7) is 1.84. The maximum Gasteiger partial charge on any atom is 0.282 e. The van der Waals surface area contributed by atoms with Crippen molar-refractivity contribution in [2.24, 2.45) is 0 Å². The monoisotopic (exact) mass is 535 g/mol. The van der Waals surface area contributed by atoms with E-state index in [4.69, 9.17) is 0 Å². The molecule has 4 heterocycles. The van der Waals surface area contributed by atoms with Crippen molar-refractivity contribution in [3.05, 3.63) is 51.4 Å². The van der Waals surface area contributed by atoms with Crippen molar-refractivity contribution in [3.63, 3.8) is 0 Å². The van der Waals surface area contributed by atoms with Crippen LogP contribution in [0.3, 0.4) is 0 Å². The lowest BCUT2D eigenvalue weighted by atomic mass is 10.2. The Hall–Kier alpha value is -2.91. The number of nitrogens with zero attached hydrogens (tertiary/aromatic N) is 4. The van der Waals surface area contributed by atoms with Gasteiger partial charge >= 0.3 is 0 Å². The highest BCUT2D eigenvalue weighted by Crippen LogP contribution is 2.25. The molecule has 1 fully saturated rings. The lowest BCUT2D eigenvalue weighted by molar-refractivity contribution is 0.0350. The Bertz CT molecular complexity index is 1440. The maximum absolute atomic E-state index is 13.5. The van der Waals surface area contributed by atoms with E-state index in [0.717, 1.165) is 36.3 Å². The summed E-state index contributed by atoms with van der Waals surface area (Å²) in [5.74, 6) is -1.34. The summed E-state index contributed by atoms with van der Waals surface area (Å²) in [5, 5.41) is 5.20. The van der Waals surface area contributed by atoms with Crippen LogP contribution in [0, 0.1) is 5.82 Å². The van der Waals surface area contributed by atoms with Crippen molar-refractivity contribution in [2.75, 3.05) is 39.5 Å². The number of amides is 2. The van der Waals surface area contributed by atoms with Gasteiger partial charge in [-0.25, -0.2) is 17.8 Å². The molecule has 0 saturated carbocycles. The molecule has 3 N–H and O–H groups in total. The topological polar surface area (TPSA) is 131 Å². The van der Waals surface area contributed by atoms with Crippen molar-refractivity contribution in [1.82, 2.24) is 34.9 Å². The molecule has 2 amide bonds. The van der Waals surface area contributed by atoms with Gasteiger partial charge in [-0.1, -0.05) is 0 Å². The number of fused-ring (bicyclic) bond motifs is 2. The summed E-state index contributed by atoms with van der Waals surface area (Å²) < 4.78 is 39.2. The molecule has 1 saturated heterocycles. The van der Waals surface area contributed by atoms with Crippen molar-refractivity contribution < 1.29 is 22.4 Å². The van der Waals surface area contributed by atoms with Crippen LogP contribution in [0.4, 0.5) is 4.39 Å². The Morgan fingerprint density at radius 3 is 2.78 bits per heavy atom. The highest BCUT2D eigenvalue weighted by atomic mass is 32.2. The number of benzene rings is 1. The predicted molar refractivity (Wildman–Crippen MR) is 132 cm³/mol. The van der Waals surface area contributed by atoms with Crippen LogP contribution in [0.5, 0.6) is 0 Å². The molecule has 0 aliphatic carbocycles. The molecule has 2 aliphatic heterocycles. The second kappa shape index (κ2) is 9.52. The van der Waals surface area contributed by atoms with Gasteiger partial charge in [0.15, 0.2) is 5.01 Å². The van der Waals surface area contributed by atoms with Crippen molar-refractivity contribution in [1.29, 1.82) is 0 Å². The molecule has 5 rings (SSSR count). The molecule has 0 radical (unpaired) electrons. The van der Waals surface area contributed by atoms with Crippen molar-refractivity contribution in [3.8, 4) is 0 Å². The molecular weight excluding hydrogens is 509 g/mol. The molecule has 2 aliphatic rings. The molecule has 192 valence electrons. The minimum atomic E-state index is -3.51. The number of halogens is 1. The van der Waals surface area contributed by atoms with E-state index in [2.05, 4.69) is 25.6 Å². The Balaban J connectivity index is 1.34. The summed E-state index contributed by atoms with van der Waals surface area (Å²) >= 11 is 1.32. The molecule has 0 unspecified atom stereocenters. The van der Waals surface area contributed by atoms with Crippen molar-refractivity contribution in [2.45, 2.75) is 19.1 Å². The van der Waals surface area contributed by atoms with Crippen LogP contribution < -0.4 is 10.7 Å². The third-order valence-corrected chi connectivity index (χ3v) is 8.65. The molecule has 14 heteroatoms. The van der Waals surface area contributed by atoms with Gasteiger partial charge in [0, 0.05) is 54.9 Å². The highest BCUT2D eigenvalue weighted by Gasteiger charge is 2.34. The minimum Gasteiger partial charge on any atom is -0.350 e. The fourth-order valence-electron chi connectivity index (χ4n) is 4.37. The van der Waals surface area contributed by atoms with Gasteiger partial charge in [-0.2, -0.15) is 9.31 Å². The lowest BCUT2D eigenvalue weighted by Gasteiger charge is -2.40. The summed E-state index contributed by atoms with van der Waals surface area (Å²) in [6, 6.07) is 5.69. The van der Waals surface area contributed by atoms with Gasteiger partial charge in [-0.3, -0.25) is 15.0 Å². The standard InChI is InChI=1S/C22H26FN7O4S2/c1-28-6-5-16-18(11-28)35-22(25-16)21(32)26-19-12-29(36(2,33)34)7-8-30(19)27-20(31)17-10-13-9-14(23)3-4-15(13)24-17/h3-4,9-10,19,24H,5-8,11-12H2,1-2H3,(H,26,32)(H,27,31)/t19-/m1/s1. The molecule has 1 aromatic carbocycles. The number of aromatic amines is 1. The largest absolute Gasteiger partial charge is 0.350 e. The summed E-state index contributed by atoms with van der Waals surface area (Å²) in [7, 11) is -1.50. The van der Waals surface area contributed by atoms with Crippen LogP contribution in [-0.4, -0.2) is 90.1 Å². The first kappa shape index (κ1) is 24.8. The summed E-state index contributed by atoms with van der Waals surface area (Å²) in [5.41, 5.74) is 4.48. The average molecular weight is 536 g/mol. The van der Waals surface area contributed by atoms with Gasteiger partial charge in [-0.15, -0.1) is 11.3 Å². The van der Waals surface area contributed by atoms with Crippen LogP contribution in [0.2, 0.25) is 0 Å². The Kier molecular flexibility index (Phi) is 6.55. The van der Waals surface area contributed by atoms with Crippen LogP contribution in [-0.2, 0) is 23.0 Å². The number of carbonyl (C=O) groups excluding carboxylic acids is 2. The molecule has 36 heavy (non-hydrogen) atoms. The zero-order chi connectivity index (χ0) is 25.6. The zero-order valence-corrected chi connectivity index (χ0v) is 21.4. The van der Waals surface area contributed by atoms with Crippen molar-refractivity contribution >= 4 is 44.1 Å². The first-order valence-corrected chi connectivity index (χ1v) is 14.0. The van der Waals surface area contributed by atoms with E-state index in [1.165, 1.54) is 38.9 Å². The Labute approximate surface area is 211 Å². The number of piperazine rings is 1. The quantitative estimate of drug-likeness (QED) is 0.439. The molecule has 3 aromatic rings. The number of hydrogen-bond donors (Lipinski definition) is 3. The second-order valence-corrected chi connectivity index (χ2v) is 12.1. The third kappa shape index (κ3) is 5.13. The number of nitrogens with one attached hydrogen (secondary N) is 3. The van der Waals surface area contributed by atoms with Crippen LogP contribution >= 0.6 is 11.3 Å². The number of thiazole rings is 1. The van der Waals surface area contributed by atoms with Gasteiger partial charge in [0.25, 0.3) is 11.8 Å². The fourth-order valence-corrected chi connectivity index (χ4v) is 6.28. The highest BCUT2D eigenvalue weighted by molar-refractivity contribution is 7.88. The summed E-state index contributed by atoms with van der Waals surface area (Å²) in [6.07, 6.45) is 1.04. The van der Waals surface area contributed by atoms with E-state index in [0.29, 0.717) is 15.9 Å². The molecular formula is C22H26FN7O4S2. The third-order valence-electron chi connectivity index (χ3n) is 6.30. The van der Waals surface area contributed by atoms with Gasteiger partial charge < -0.3 is 15.2 Å². The number of sulfonamides is 1. The summed E-state index contributed by atoms with van der Waals surface area (Å²) in [4.78, 5) is 36.7. The molecule has 0 spiro atoms. The number of H-pyrrole nitrogens is 1. The van der Waals surface area contributed by atoms with Gasteiger partial charge in [-0.05, 0) is 31.3 Å². The van der Waals surface area contributed by atoms with E-state index in [-0.39, 0.29) is 25.3 Å². The van der Waals surface area contributed by atoms with Gasteiger partial charge in [0.1, 0.15) is 17.7 Å². The number of hydrazine groups is 1. The average Bonchev–Trinajstić information content (AvgIpc) is 3.43. The van der Waals surface area contributed by atoms with E-state index in [1.54, 1.807) is 6.07 Å². The van der Waals surface area contributed by atoms with Gasteiger partial charge in [0.05, 0.1) is 11.9 Å². The predicted octanol–water partition coefficient (Wildman–Crippen LogP) is 0.730. The number of aromatic nitrogens is 2. The molecule has 1 atom stereocenters. The normalized spacial score (nSPS) is 19.8. The van der Waals surface area contributed by atoms with E-state index in [9.17, 15) is 22.4 Å². The second-order valence-electron chi connectivity index (χ2n) is 9.04. The number of likely N-dealkylation sites (N-methyl/N-ethyl adjacent to an activating group) is 1. The number of rotatable bonds is 5. The molecule has 11 nitrogen and oxygen atoms in total. The molecule has 0 bridgehead atoms. The zero-order valence-electron chi connectivity index (χ0n) is 19.7. The lowest BCUT2D eigenvalue weighted by Crippen LogP contribution is -2.65. The first-order chi connectivity index (χ1) is 17.1. The molecule has 2 aromatic heterocycles. The first-order valence-electron chi connectivity index (χ1n) is 11.4. The maximum atomic E-state index is 13.5. The van der Waals surface area contributed by atoms with Crippen LogP contribution in [0.15, 0.2) is 24.3 Å². The van der Waals surface area contributed by atoms with Gasteiger partial charge in [0.2, 0.25) is 10.0 Å². The Morgan fingerprint density at radius 2 is 2.00 bits per heavy atom. The van der Waals surface area contributed by atoms with Crippen LogP contribution in [0.25, 0.3) is 10.9 Å².